The molecule has 5 unspecified atom stereocenters. The van der Waals surface area contributed by atoms with E-state index in [1.807, 2.05) is 0 Å². The molecule has 1 aliphatic rings. The van der Waals surface area contributed by atoms with Crippen molar-refractivity contribution in [2.45, 2.75) is 62.9 Å². The van der Waals surface area contributed by atoms with Crippen LogP contribution in [0.25, 0.3) is 0 Å². The molecule has 5 atom stereocenters. The summed E-state index contributed by atoms with van der Waals surface area (Å²) in [5, 5.41) is 23.3. The fraction of sp³-hybridized carbons (Fsp3) is 0.706. The average molecular weight is 448 g/mol. The molecule has 1 fully saturated rings. The lowest BCUT2D eigenvalue weighted by Gasteiger charge is -2.29. The standard InChI is InChI=1S/C17H29N5O7S/c1-8(23)13(19)16(27)22-6-2-3-11(22)15(26)20-9(4-5-12(18)24)14(25)21-10(7-30)17(28)29/h8-11,13,23,30H,2-7,19H2,1H3,(H2,18,24)(H,20,26)(H,21,25)(H,28,29). The van der Waals surface area contributed by atoms with Crippen molar-refractivity contribution in [1.82, 2.24) is 15.5 Å². The fourth-order valence-corrected chi connectivity index (χ4v) is 3.23. The van der Waals surface area contributed by atoms with E-state index in [0.717, 1.165) is 0 Å². The largest absolute Gasteiger partial charge is 0.480 e. The lowest BCUT2D eigenvalue weighted by Crippen LogP contribution is -2.57. The molecule has 30 heavy (non-hydrogen) atoms. The summed E-state index contributed by atoms with van der Waals surface area (Å²) < 4.78 is 0. The highest BCUT2D eigenvalue weighted by molar-refractivity contribution is 7.80. The molecule has 0 radical (unpaired) electrons. The molecule has 1 rings (SSSR count). The maximum atomic E-state index is 12.8. The summed E-state index contributed by atoms with van der Waals surface area (Å²) >= 11 is 3.86. The molecule has 12 nitrogen and oxygen atoms in total. The van der Waals surface area contributed by atoms with Gasteiger partial charge in [-0.15, -0.1) is 0 Å². The summed E-state index contributed by atoms with van der Waals surface area (Å²) in [4.78, 5) is 61.2. The average Bonchev–Trinajstić information content (AvgIpc) is 3.17. The number of nitrogens with zero attached hydrogens (tertiary/aromatic N) is 1. The third-order valence-corrected chi connectivity index (χ3v) is 5.12. The highest BCUT2D eigenvalue weighted by Crippen LogP contribution is 2.19. The molecule has 0 aromatic carbocycles. The van der Waals surface area contributed by atoms with Crippen LogP contribution in [0.2, 0.25) is 0 Å². The van der Waals surface area contributed by atoms with Crippen molar-refractivity contribution < 1.29 is 34.2 Å². The molecule has 1 heterocycles. The number of aliphatic carboxylic acids is 1. The van der Waals surface area contributed by atoms with Crippen molar-refractivity contribution in [3.8, 4) is 0 Å². The zero-order valence-electron chi connectivity index (χ0n) is 16.6. The number of hydrogen-bond donors (Lipinski definition) is 7. The van der Waals surface area contributed by atoms with Crippen LogP contribution in [0.15, 0.2) is 0 Å². The summed E-state index contributed by atoms with van der Waals surface area (Å²) in [6.45, 7) is 1.62. The van der Waals surface area contributed by atoms with Crippen molar-refractivity contribution in [2.75, 3.05) is 12.3 Å². The number of carboxylic acid groups (broad SMARTS) is 1. The summed E-state index contributed by atoms with van der Waals surface area (Å²) in [5.41, 5.74) is 10.8. The maximum Gasteiger partial charge on any atom is 0.327 e. The molecule has 0 aromatic rings. The van der Waals surface area contributed by atoms with Gasteiger partial charge in [-0.2, -0.15) is 12.6 Å². The Bertz CT molecular complexity index is 675. The van der Waals surface area contributed by atoms with Gasteiger partial charge in [0.1, 0.15) is 24.2 Å². The van der Waals surface area contributed by atoms with E-state index >= 15 is 0 Å². The Morgan fingerprint density at radius 2 is 1.83 bits per heavy atom. The van der Waals surface area contributed by atoms with Crippen molar-refractivity contribution in [2.24, 2.45) is 11.5 Å². The van der Waals surface area contributed by atoms with Gasteiger partial charge in [0, 0.05) is 18.7 Å². The third-order valence-electron chi connectivity index (χ3n) is 4.75. The Morgan fingerprint density at radius 3 is 2.33 bits per heavy atom. The summed E-state index contributed by atoms with van der Waals surface area (Å²) in [6.07, 6.45) is -0.639. The topological polar surface area (TPSA) is 205 Å². The molecule has 0 bridgehead atoms. The molecule has 0 aromatic heterocycles. The molecule has 0 spiro atoms. The summed E-state index contributed by atoms with van der Waals surface area (Å²) in [5.74, 6) is -4.25. The van der Waals surface area contributed by atoms with E-state index in [2.05, 4.69) is 23.3 Å². The van der Waals surface area contributed by atoms with Gasteiger partial charge in [0.15, 0.2) is 0 Å². The number of carboxylic acids is 1. The molecule has 8 N–H and O–H groups in total. The quantitative estimate of drug-likeness (QED) is 0.161. The molecule has 0 saturated carbocycles. The number of nitrogens with one attached hydrogen (secondary N) is 2. The highest BCUT2D eigenvalue weighted by Gasteiger charge is 2.38. The number of amides is 4. The number of likely N-dealkylation sites (tertiary alicyclic amines) is 1. The predicted octanol–water partition coefficient (Wildman–Crippen LogP) is -3.06. The van der Waals surface area contributed by atoms with E-state index in [0.29, 0.717) is 12.8 Å². The molecule has 0 aliphatic carbocycles. The van der Waals surface area contributed by atoms with Gasteiger partial charge < -0.3 is 37.2 Å². The van der Waals surface area contributed by atoms with Crippen LogP contribution in [0.5, 0.6) is 0 Å². The first-order valence-corrected chi connectivity index (χ1v) is 10.1. The van der Waals surface area contributed by atoms with Crippen LogP contribution in [-0.4, -0.2) is 87.3 Å². The number of carbonyl (C=O) groups is 5. The number of primary amides is 1. The smallest absolute Gasteiger partial charge is 0.327 e. The molecular formula is C17H29N5O7S. The van der Waals surface area contributed by atoms with Gasteiger partial charge in [0.25, 0.3) is 0 Å². The predicted molar refractivity (Wildman–Crippen MR) is 108 cm³/mol. The number of carbonyl (C=O) groups excluding carboxylic acids is 4. The molecule has 1 aliphatic heterocycles. The first-order chi connectivity index (χ1) is 14.0. The van der Waals surface area contributed by atoms with Crippen molar-refractivity contribution in [1.29, 1.82) is 0 Å². The van der Waals surface area contributed by atoms with Gasteiger partial charge in [-0.05, 0) is 26.2 Å². The first-order valence-electron chi connectivity index (χ1n) is 9.46. The zero-order valence-corrected chi connectivity index (χ0v) is 17.5. The Balaban J connectivity index is 2.92. The Kier molecular flexibility index (Phi) is 10.0. The van der Waals surface area contributed by atoms with Gasteiger partial charge in [0.05, 0.1) is 6.10 Å². The molecule has 13 heteroatoms. The zero-order chi connectivity index (χ0) is 23.0. The number of nitrogens with two attached hydrogens (primary N) is 2. The van der Waals surface area contributed by atoms with Crippen molar-refractivity contribution in [3.63, 3.8) is 0 Å². The second-order valence-electron chi connectivity index (χ2n) is 7.10. The van der Waals surface area contributed by atoms with Crippen LogP contribution in [0.3, 0.4) is 0 Å². The molecule has 1 saturated heterocycles. The number of aliphatic hydroxyl groups is 1. The van der Waals surface area contributed by atoms with Gasteiger partial charge in [0.2, 0.25) is 23.6 Å². The van der Waals surface area contributed by atoms with E-state index in [1.165, 1.54) is 11.8 Å². The maximum absolute atomic E-state index is 12.8. The van der Waals surface area contributed by atoms with E-state index in [4.69, 9.17) is 16.6 Å². The molecule has 170 valence electrons. The van der Waals surface area contributed by atoms with Crippen molar-refractivity contribution >= 4 is 42.2 Å². The molecular weight excluding hydrogens is 418 g/mol. The SMILES string of the molecule is CC(O)C(N)C(=O)N1CCCC1C(=O)NC(CCC(N)=O)C(=O)NC(CS)C(=O)O. The normalized spacial score (nSPS) is 20.0. The first kappa shape index (κ1) is 25.7. The summed E-state index contributed by atoms with van der Waals surface area (Å²) in [7, 11) is 0. The van der Waals surface area contributed by atoms with Crippen LogP contribution in [0.4, 0.5) is 0 Å². The Morgan fingerprint density at radius 1 is 1.20 bits per heavy atom. The minimum absolute atomic E-state index is 0.153. The summed E-state index contributed by atoms with van der Waals surface area (Å²) in [6, 6.07) is -4.64. The van der Waals surface area contributed by atoms with Gasteiger partial charge in [-0.1, -0.05) is 0 Å². The lowest BCUT2D eigenvalue weighted by molar-refractivity contribution is -0.143. The van der Waals surface area contributed by atoms with E-state index in [1.54, 1.807) is 0 Å². The Hall–Kier alpha value is -2.38. The van der Waals surface area contributed by atoms with E-state index in [-0.39, 0.29) is 25.1 Å². The minimum atomic E-state index is -1.31. The molecule has 4 amide bonds. The third kappa shape index (κ3) is 7.15. The van der Waals surface area contributed by atoms with Crippen molar-refractivity contribution in [3.05, 3.63) is 0 Å². The van der Waals surface area contributed by atoms with E-state index < -0.39 is 59.9 Å². The monoisotopic (exact) mass is 447 g/mol. The lowest BCUT2D eigenvalue weighted by atomic mass is 10.1. The van der Waals surface area contributed by atoms with Crippen LogP contribution in [0, 0.1) is 0 Å². The van der Waals surface area contributed by atoms with E-state index in [9.17, 15) is 29.1 Å². The number of rotatable bonds is 11. The van der Waals surface area contributed by atoms with Gasteiger partial charge in [-0.3, -0.25) is 19.2 Å². The van der Waals surface area contributed by atoms with Gasteiger partial charge >= 0.3 is 5.97 Å². The number of thiol groups is 1. The second-order valence-corrected chi connectivity index (χ2v) is 7.47. The van der Waals surface area contributed by atoms with Gasteiger partial charge in [-0.25, -0.2) is 4.79 Å². The number of aliphatic hydroxyl groups excluding tert-OH is 1. The van der Waals surface area contributed by atoms with Crippen LogP contribution >= 0.6 is 12.6 Å². The van der Waals surface area contributed by atoms with Crippen LogP contribution in [0.1, 0.15) is 32.6 Å². The second kappa shape index (κ2) is 11.7. The fourth-order valence-electron chi connectivity index (χ4n) is 2.98. The minimum Gasteiger partial charge on any atom is -0.480 e. The Labute approximate surface area is 179 Å². The van der Waals surface area contributed by atoms with Crippen LogP contribution in [-0.2, 0) is 24.0 Å². The number of hydrogen-bond acceptors (Lipinski definition) is 8. The highest BCUT2D eigenvalue weighted by atomic mass is 32.1. The van der Waals surface area contributed by atoms with Crippen LogP contribution < -0.4 is 22.1 Å².